The number of ether oxygens (including phenoxy) is 1. The number of phenolic OH excluding ortho intramolecular Hbond substituents is 1. The number of hydrogen-bond acceptors (Lipinski definition) is 7. The number of nitrogens with one attached hydrogen (secondary N) is 1. The molecule has 2 aromatic heterocycles. The molecule has 0 saturated carbocycles. The third kappa shape index (κ3) is 3.00. The fraction of sp³-hybridized carbons (Fsp3) is 0.286. The number of hydrogen-bond donors (Lipinski definition) is 2. The summed E-state index contributed by atoms with van der Waals surface area (Å²) in [6.45, 7) is 2.30. The Morgan fingerprint density at radius 2 is 2.24 bits per heavy atom. The Hall–Kier alpha value is -3.13. The lowest BCUT2D eigenvalue weighted by atomic mass is 9.85. The molecule has 0 unspecified atom stereocenters. The van der Waals surface area contributed by atoms with Crippen molar-refractivity contribution in [2.45, 2.75) is 32.2 Å². The highest BCUT2D eigenvalue weighted by atomic mass is 32.1. The number of nitrogens with zero attached hydrogens (tertiary/aromatic N) is 3. The fourth-order valence-corrected chi connectivity index (χ4v) is 4.60. The maximum Gasteiger partial charge on any atom is 0.226 e. The van der Waals surface area contributed by atoms with Crippen molar-refractivity contribution in [1.82, 2.24) is 14.8 Å². The molecule has 2 aliphatic rings. The van der Waals surface area contributed by atoms with E-state index in [1.54, 1.807) is 28.2 Å². The average Bonchev–Trinajstić information content (AvgIpc) is 3.38. The third-order valence-electron chi connectivity index (χ3n) is 5.21. The summed E-state index contributed by atoms with van der Waals surface area (Å²) in [6, 6.07) is 8.75. The van der Waals surface area contributed by atoms with Gasteiger partial charge in [0.05, 0.1) is 11.5 Å². The number of benzene rings is 1. The lowest BCUT2D eigenvalue weighted by molar-refractivity contribution is -0.116. The molecule has 1 aliphatic heterocycles. The van der Waals surface area contributed by atoms with Crippen molar-refractivity contribution in [3.8, 4) is 22.2 Å². The molecule has 1 aliphatic carbocycles. The Bertz CT molecular complexity index is 1120. The summed E-state index contributed by atoms with van der Waals surface area (Å²) < 4.78 is 7.35. The second kappa shape index (κ2) is 7.04. The van der Waals surface area contributed by atoms with Crippen LogP contribution in [0.5, 0.6) is 11.5 Å². The van der Waals surface area contributed by atoms with E-state index >= 15 is 0 Å². The number of anilines is 1. The number of carbonyl (C=O) groups excluding carboxylic acids is 1. The number of allylic oxidation sites excluding steroid dienone is 2. The van der Waals surface area contributed by atoms with Gasteiger partial charge in [0.25, 0.3) is 0 Å². The van der Waals surface area contributed by atoms with E-state index in [0.717, 1.165) is 34.6 Å². The van der Waals surface area contributed by atoms with Gasteiger partial charge in [-0.1, -0.05) is 12.1 Å². The molecule has 1 aromatic carbocycles. The van der Waals surface area contributed by atoms with Gasteiger partial charge in [0.15, 0.2) is 23.1 Å². The molecular formula is C21H20N4O3S. The molecule has 0 bridgehead atoms. The minimum atomic E-state index is -0.407. The maximum absolute atomic E-state index is 12.9. The molecule has 1 atom stereocenters. The monoisotopic (exact) mass is 408 g/mol. The molecule has 5 rings (SSSR count). The minimum absolute atomic E-state index is 0.0757. The van der Waals surface area contributed by atoms with E-state index in [9.17, 15) is 9.90 Å². The van der Waals surface area contributed by atoms with Crippen LogP contribution in [-0.4, -0.2) is 32.3 Å². The first-order chi connectivity index (χ1) is 14.2. The Labute approximate surface area is 171 Å². The zero-order valence-corrected chi connectivity index (χ0v) is 16.7. The predicted molar refractivity (Wildman–Crippen MR) is 110 cm³/mol. The average molecular weight is 408 g/mol. The second-order valence-electron chi connectivity index (χ2n) is 7.04. The van der Waals surface area contributed by atoms with Crippen LogP contribution in [0, 0.1) is 0 Å². The van der Waals surface area contributed by atoms with Crippen molar-refractivity contribution >= 4 is 23.1 Å². The summed E-state index contributed by atoms with van der Waals surface area (Å²) in [4.78, 5) is 18.6. The normalized spacial score (nSPS) is 18.2. The van der Waals surface area contributed by atoms with Crippen LogP contribution < -0.4 is 10.1 Å². The number of thiophene rings is 1. The molecule has 0 amide bonds. The molecular weight excluding hydrogens is 388 g/mol. The molecule has 0 spiro atoms. The van der Waals surface area contributed by atoms with E-state index in [1.807, 2.05) is 30.5 Å². The smallest absolute Gasteiger partial charge is 0.226 e. The van der Waals surface area contributed by atoms with Crippen molar-refractivity contribution in [3.63, 3.8) is 0 Å². The van der Waals surface area contributed by atoms with Crippen LogP contribution >= 0.6 is 11.3 Å². The number of phenols is 1. The summed E-state index contributed by atoms with van der Waals surface area (Å²) in [5, 5.41) is 20.2. The van der Waals surface area contributed by atoms with Gasteiger partial charge >= 0.3 is 0 Å². The highest BCUT2D eigenvalue weighted by Crippen LogP contribution is 2.42. The lowest BCUT2D eigenvalue weighted by Crippen LogP contribution is -2.31. The van der Waals surface area contributed by atoms with E-state index in [0.29, 0.717) is 30.5 Å². The van der Waals surface area contributed by atoms with Gasteiger partial charge in [-0.25, -0.2) is 4.68 Å². The zero-order valence-electron chi connectivity index (χ0n) is 15.9. The van der Waals surface area contributed by atoms with Gasteiger partial charge in [0.1, 0.15) is 6.04 Å². The number of aromatic hydroxyl groups is 1. The number of fused-ring (bicyclic) bond motifs is 1. The number of ketones is 1. The highest BCUT2D eigenvalue weighted by molar-refractivity contribution is 7.13. The minimum Gasteiger partial charge on any atom is -0.504 e. The van der Waals surface area contributed by atoms with Crippen LogP contribution in [0.2, 0.25) is 0 Å². The quantitative estimate of drug-likeness (QED) is 0.675. The van der Waals surface area contributed by atoms with Crippen LogP contribution in [0.15, 0.2) is 47.0 Å². The van der Waals surface area contributed by atoms with Gasteiger partial charge in [0.2, 0.25) is 5.95 Å². The SMILES string of the molecule is CCOc1cc([C@@H]2C3=C(CCCC3=O)Nc3nc(-c4cccs4)nn32)ccc1O. The summed E-state index contributed by atoms with van der Waals surface area (Å²) in [5.41, 5.74) is 2.47. The predicted octanol–water partition coefficient (Wildman–Crippen LogP) is 4.13. The first-order valence-corrected chi connectivity index (χ1v) is 10.5. The number of aromatic nitrogens is 3. The van der Waals surface area contributed by atoms with Crippen LogP contribution in [0.3, 0.4) is 0 Å². The molecule has 0 fully saturated rings. The molecule has 29 heavy (non-hydrogen) atoms. The van der Waals surface area contributed by atoms with E-state index < -0.39 is 6.04 Å². The fourth-order valence-electron chi connectivity index (χ4n) is 3.95. The van der Waals surface area contributed by atoms with Crippen LogP contribution in [0.25, 0.3) is 10.7 Å². The number of rotatable bonds is 4. The summed E-state index contributed by atoms with van der Waals surface area (Å²) in [7, 11) is 0. The Kier molecular flexibility index (Phi) is 4.35. The Morgan fingerprint density at radius 1 is 1.34 bits per heavy atom. The van der Waals surface area contributed by atoms with Gasteiger partial charge in [0, 0.05) is 17.7 Å². The van der Waals surface area contributed by atoms with Crippen molar-refractivity contribution in [2.24, 2.45) is 0 Å². The van der Waals surface area contributed by atoms with Crippen molar-refractivity contribution in [3.05, 3.63) is 52.5 Å². The first-order valence-electron chi connectivity index (χ1n) is 9.65. The number of Topliss-reactive ketones (excluding diaryl/α,β-unsaturated/α-hetero) is 1. The molecule has 0 saturated heterocycles. The van der Waals surface area contributed by atoms with Crippen LogP contribution in [-0.2, 0) is 4.79 Å². The van der Waals surface area contributed by atoms with Gasteiger partial charge in [-0.05, 0) is 48.9 Å². The topological polar surface area (TPSA) is 89.3 Å². The number of carbonyl (C=O) groups is 1. The van der Waals surface area contributed by atoms with Crippen molar-refractivity contribution < 1.29 is 14.6 Å². The van der Waals surface area contributed by atoms with Crippen LogP contribution in [0.1, 0.15) is 37.8 Å². The second-order valence-corrected chi connectivity index (χ2v) is 7.99. The van der Waals surface area contributed by atoms with Gasteiger partial charge in [-0.15, -0.1) is 16.4 Å². The highest BCUT2D eigenvalue weighted by Gasteiger charge is 2.37. The van der Waals surface area contributed by atoms with E-state index in [2.05, 4.69) is 10.3 Å². The summed E-state index contributed by atoms with van der Waals surface area (Å²) in [6.07, 6.45) is 2.15. The molecule has 3 aromatic rings. The van der Waals surface area contributed by atoms with Gasteiger partial charge in [-0.3, -0.25) is 4.79 Å². The van der Waals surface area contributed by atoms with Gasteiger partial charge < -0.3 is 15.2 Å². The molecule has 7 nitrogen and oxygen atoms in total. The van der Waals surface area contributed by atoms with E-state index in [4.69, 9.17) is 9.84 Å². The standard InChI is InChI=1S/C21H20N4O3S/c1-2-28-16-11-12(8-9-14(16)26)19-18-13(5-3-6-15(18)27)22-21-23-20(24-25(19)21)17-7-4-10-29-17/h4,7-11,19,26H,2-3,5-6H2,1H3,(H,22,23,24)/t19-/m1/s1. The molecule has 148 valence electrons. The summed E-state index contributed by atoms with van der Waals surface area (Å²) >= 11 is 1.57. The molecule has 3 heterocycles. The Morgan fingerprint density at radius 3 is 3.03 bits per heavy atom. The first kappa shape index (κ1) is 17.9. The lowest BCUT2D eigenvalue weighted by Gasteiger charge is -2.32. The molecule has 0 radical (unpaired) electrons. The van der Waals surface area contributed by atoms with Crippen molar-refractivity contribution in [1.29, 1.82) is 0 Å². The third-order valence-corrected chi connectivity index (χ3v) is 6.07. The molecule has 8 heteroatoms. The largest absolute Gasteiger partial charge is 0.504 e. The maximum atomic E-state index is 12.9. The van der Waals surface area contributed by atoms with Crippen LogP contribution in [0.4, 0.5) is 5.95 Å². The Balaban J connectivity index is 1.68. The van der Waals surface area contributed by atoms with Gasteiger partial charge in [-0.2, -0.15) is 4.98 Å². The summed E-state index contributed by atoms with van der Waals surface area (Å²) in [5.74, 6) is 1.84. The zero-order chi connectivity index (χ0) is 20.0. The van der Waals surface area contributed by atoms with E-state index in [1.165, 1.54) is 0 Å². The van der Waals surface area contributed by atoms with Crippen molar-refractivity contribution in [2.75, 3.05) is 11.9 Å². The van der Waals surface area contributed by atoms with E-state index in [-0.39, 0.29) is 11.5 Å². The molecule has 2 N–H and O–H groups in total.